The van der Waals surface area contributed by atoms with E-state index in [9.17, 15) is 4.39 Å². The third-order valence-corrected chi connectivity index (χ3v) is 3.29. The Balaban J connectivity index is 1.96. The Morgan fingerprint density at radius 1 is 1.42 bits per heavy atom. The van der Waals surface area contributed by atoms with Crippen LogP contribution in [-0.2, 0) is 6.54 Å². The van der Waals surface area contributed by atoms with Crippen LogP contribution < -0.4 is 5.32 Å². The molecule has 1 heterocycles. The Morgan fingerprint density at radius 2 is 2.21 bits per heavy atom. The van der Waals surface area contributed by atoms with Crippen molar-refractivity contribution in [2.24, 2.45) is 0 Å². The summed E-state index contributed by atoms with van der Waals surface area (Å²) in [6, 6.07) is 7.06. The Hall–Kier alpha value is -1.39. The second-order valence-electron chi connectivity index (χ2n) is 4.69. The fourth-order valence-corrected chi connectivity index (χ4v) is 2.24. The van der Waals surface area contributed by atoms with Crippen molar-refractivity contribution < 1.29 is 4.39 Å². The number of benzene rings is 1. The van der Waals surface area contributed by atoms with Crippen molar-refractivity contribution in [2.45, 2.75) is 32.5 Å². The molecule has 0 bridgehead atoms. The van der Waals surface area contributed by atoms with Gasteiger partial charge in [-0.1, -0.05) is 17.7 Å². The molecule has 0 saturated carbocycles. The van der Waals surface area contributed by atoms with E-state index in [1.807, 2.05) is 23.9 Å². The lowest BCUT2D eigenvalue weighted by Crippen LogP contribution is -2.32. The normalized spacial score (nSPS) is 14.3. The van der Waals surface area contributed by atoms with Gasteiger partial charge in [0.05, 0.1) is 11.6 Å². The number of aromatic nitrogens is 2. The molecule has 0 aliphatic rings. The fraction of sp³-hybridized carbons (Fsp3) is 0.357. The largest absolute Gasteiger partial charge is 0.306 e. The second kappa shape index (κ2) is 6.17. The van der Waals surface area contributed by atoms with Crippen LogP contribution in [0.1, 0.15) is 25.5 Å². The summed E-state index contributed by atoms with van der Waals surface area (Å²) in [4.78, 5) is 0. The number of hydrogen-bond donors (Lipinski definition) is 1. The molecular weight excluding hydrogens is 265 g/mol. The van der Waals surface area contributed by atoms with E-state index in [4.69, 9.17) is 11.6 Å². The lowest BCUT2D eigenvalue weighted by atomic mass is 10.1. The molecule has 2 aromatic rings. The van der Waals surface area contributed by atoms with Gasteiger partial charge in [0.25, 0.3) is 0 Å². The van der Waals surface area contributed by atoms with Crippen molar-refractivity contribution in [1.29, 1.82) is 0 Å². The molecule has 0 radical (unpaired) electrons. The van der Waals surface area contributed by atoms with Gasteiger partial charge in [-0.2, -0.15) is 5.10 Å². The van der Waals surface area contributed by atoms with Crippen molar-refractivity contribution in [3.63, 3.8) is 0 Å². The van der Waals surface area contributed by atoms with E-state index < -0.39 is 0 Å². The minimum absolute atomic E-state index is 0.101. The molecule has 0 fully saturated rings. The Kier molecular flexibility index (Phi) is 4.56. The number of halogens is 2. The van der Waals surface area contributed by atoms with Crippen LogP contribution in [0.2, 0.25) is 5.02 Å². The van der Waals surface area contributed by atoms with E-state index in [2.05, 4.69) is 17.3 Å². The molecule has 0 spiro atoms. The van der Waals surface area contributed by atoms with Gasteiger partial charge >= 0.3 is 0 Å². The van der Waals surface area contributed by atoms with Crippen LogP contribution >= 0.6 is 11.6 Å². The molecular formula is C14H17ClFN3. The Bertz CT molecular complexity index is 527. The summed E-state index contributed by atoms with van der Waals surface area (Å²) in [6.45, 7) is 4.90. The zero-order valence-electron chi connectivity index (χ0n) is 11.0. The third-order valence-electron chi connectivity index (χ3n) is 3.00. The van der Waals surface area contributed by atoms with Gasteiger partial charge in [0.1, 0.15) is 5.82 Å². The molecule has 2 atom stereocenters. The SMILES string of the molecule is CC(Cn1cccn1)NC(C)c1ccc(F)c(Cl)c1. The number of nitrogens with one attached hydrogen (secondary N) is 1. The molecule has 5 heteroatoms. The molecule has 0 amide bonds. The van der Waals surface area contributed by atoms with Gasteiger partial charge in [0, 0.05) is 24.5 Å². The molecule has 1 aromatic carbocycles. The molecule has 102 valence electrons. The van der Waals surface area contributed by atoms with Gasteiger partial charge in [0.2, 0.25) is 0 Å². The summed E-state index contributed by atoms with van der Waals surface area (Å²) in [5.74, 6) is -0.387. The van der Waals surface area contributed by atoms with Gasteiger partial charge < -0.3 is 5.32 Å². The van der Waals surface area contributed by atoms with Crippen LogP contribution in [0.5, 0.6) is 0 Å². The standard InChI is InChI=1S/C14H17ClFN3/c1-10(9-19-7-3-6-17-19)18-11(2)12-4-5-14(16)13(15)8-12/h3-8,10-11,18H,9H2,1-2H3. The van der Waals surface area contributed by atoms with E-state index >= 15 is 0 Å². The van der Waals surface area contributed by atoms with E-state index in [0.29, 0.717) is 0 Å². The highest BCUT2D eigenvalue weighted by molar-refractivity contribution is 6.30. The number of nitrogens with zero attached hydrogens (tertiary/aromatic N) is 2. The van der Waals surface area contributed by atoms with Crippen molar-refractivity contribution in [2.75, 3.05) is 0 Å². The fourth-order valence-electron chi connectivity index (χ4n) is 2.05. The quantitative estimate of drug-likeness (QED) is 0.910. The molecule has 1 aromatic heterocycles. The summed E-state index contributed by atoms with van der Waals surface area (Å²) >= 11 is 5.79. The predicted octanol–water partition coefficient (Wildman–Crippen LogP) is 3.41. The van der Waals surface area contributed by atoms with Crippen LogP contribution in [0.4, 0.5) is 4.39 Å². The van der Waals surface area contributed by atoms with Gasteiger partial charge in [-0.15, -0.1) is 0 Å². The summed E-state index contributed by atoms with van der Waals surface area (Å²) in [5.41, 5.74) is 0.971. The van der Waals surface area contributed by atoms with Gasteiger partial charge in [-0.3, -0.25) is 4.68 Å². The minimum atomic E-state index is -0.387. The van der Waals surface area contributed by atoms with Crippen LogP contribution in [0, 0.1) is 5.82 Å². The molecule has 0 aliphatic heterocycles. The van der Waals surface area contributed by atoms with E-state index in [-0.39, 0.29) is 22.9 Å². The first kappa shape index (κ1) is 14.0. The Morgan fingerprint density at radius 3 is 2.84 bits per heavy atom. The monoisotopic (exact) mass is 281 g/mol. The highest BCUT2D eigenvalue weighted by Gasteiger charge is 2.11. The predicted molar refractivity (Wildman–Crippen MR) is 74.6 cm³/mol. The molecule has 0 saturated heterocycles. The van der Waals surface area contributed by atoms with Crippen molar-refractivity contribution in [1.82, 2.24) is 15.1 Å². The summed E-state index contributed by atoms with van der Waals surface area (Å²) in [5, 5.41) is 7.77. The lowest BCUT2D eigenvalue weighted by Gasteiger charge is -2.20. The molecule has 0 aliphatic carbocycles. The van der Waals surface area contributed by atoms with Crippen molar-refractivity contribution in [3.8, 4) is 0 Å². The second-order valence-corrected chi connectivity index (χ2v) is 5.10. The molecule has 2 unspecified atom stereocenters. The maximum absolute atomic E-state index is 13.1. The number of rotatable bonds is 5. The van der Waals surface area contributed by atoms with E-state index in [0.717, 1.165) is 12.1 Å². The van der Waals surface area contributed by atoms with Gasteiger partial charge in [-0.05, 0) is 37.6 Å². The minimum Gasteiger partial charge on any atom is -0.306 e. The first-order valence-corrected chi connectivity index (χ1v) is 6.62. The molecule has 1 N–H and O–H groups in total. The van der Waals surface area contributed by atoms with E-state index in [1.54, 1.807) is 18.3 Å². The molecule has 2 rings (SSSR count). The summed E-state index contributed by atoms with van der Waals surface area (Å²) in [7, 11) is 0. The average Bonchev–Trinajstić information content (AvgIpc) is 2.85. The van der Waals surface area contributed by atoms with Crippen molar-refractivity contribution in [3.05, 3.63) is 53.1 Å². The van der Waals surface area contributed by atoms with Gasteiger partial charge in [-0.25, -0.2) is 4.39 Å². The first-order chi connectivity index (χ1) is 9.06. The summed E-state index contributed by atoms with van der Waals surface area (Å²) < 4.78 is 15.0. The highest BCUT2D eigenvalue weighted by atomic mass is 35.5. The van der Waals surface area contributed by atoms with Crippen LogP contribution in [0.25, 0.3) is 0 Å². The van der Waals surface area contributed by atoms with Gasteiger partial charge in [0.15, 0.2) is 0 Å². The lowest BCUT2D eigenvalue weighted by molar-refractivity contribution is 0.413. The average molecular weight is 282 g/mol. The van der Waals surface area contributed by atoms with Crippen LogP contribution in [0.15, 0.2) is 36.7 Å². The third kappa shape index (κ3) is 3.78. The van der Waals surface area contributed by atoms with Crippen molar-refractivity contribution >= 4 is 11.6 Å². The molecule has 3 nitrogen and oxygen atoms in total. The smallest absolute Gasteiger partial charge is 0.141 e. The first-order valence-electron chi connectivity index (χ1n) is 6.24. The van der Waals surface area contributed by atoms with Crippen LogP contribution in [-0.4, -0.2) is 15.8 Å². The van der Waals surface area contributed by atoms with Crippen LogP contribution in [0.3, 0.4) is 0 Å². The maximum Gasteiger partial charge on any atom is 0.141 e. The maximum atomic E-state index is 13.1. The Labute approximate surface area is 117 Å². The zero-order chi connectivity index (χ0) is 13.8. The summed E-state index contributed by atoms with van der Waals surface area (Å²) in [6.07, 6.45) is 3.69. The van der Waals surface area contributed by atoms with E-state index in [1.165, 1.54) is 6.07 Å². The zero-order valence-corrected chi connectivity index (χ0v) is 11.7. The topological polar surface area (TPSA) is 29.9 Å². The highest BCUT2D eigenvalue weighted by Crippen LogP contribution is 2.21. The number of hydrogen-bond acceptors (Lipinski definition) is 2. The molecule has 19 heavy (non-hydrogen) atoms.